The Hall–Kier alpha value is -0.850. The first-order valence-electron chi connectivity index (χ1n) is 10.0. The lowest BCUT2D eigenvalue weighted by molar-refractivity contribution is -0.0696. The number of morpholine rings is 1. The van der Waals surface area contributed by atoms with Gasteiger partial charge in [-0.1, -0.05) is 13.8 Å². The van der Waals surface area contributed by atoms with Crippen LogP contribution in [0.4, 0.5) is 0 Å². The molecule has 2 unspecified atom stereocenters. The molecule has 0 radical (unpaired) electrons. The second kappa shape index (κ2) is 10.3. The highest BCUT2D eigenvalue weighted by atomic mass is 16.5. The van der Waals surface area contributed by atoms with Crippen LogP contribution >= 0.6 is 0 Å². The molecule has 2 N–H and O–H groups in total. The highest BCUT2D eigenvalue weighted by Gasteiger charge is 2.42. The number of aliphatic hydroxyl groups excluding tert-OH is 1. The maximum atomic E-state index is 9.22. The Balaban J connectivity index is 1.99. The van der Waals surface area contributed by atoms with E-state index >= 15 is 0 Å². The van der Waals surface area contributed by atoms with Crippen LogP contribution in [0.3, 0.4) is 0 Å². The average molecular weight is 356 g/mol. The second-order valence-electron chi connectivity index (χ2n) is 7.34. The molecule has 0 amide bonds. The summed E-state index contributed by atoms with van der Waals surface area (Å²) in [6, 6.07) is 0. The van der Waals surface area contributed by atoms with E-state index in [2.05, 4.69) is 24.1 Å². The summed E-state index contributed by atoms with van der Waals surface area (Å²) < 4.78 is 11.6. The molecule has 6 nitrogen and oxygen atoms in total. The number of ether oxygens (including phenoxy) is 2. The van der Waals surface area contributed by atoms with Crippen molar-refractivity contribution in [1.82, 2.24) is 10.2 Å². The Labute approximate surface area is 153 Å². The molecular formula is C19H37N3O3. The number of guanidine groups is 1. The number of aliphatic imine (C=N–C) groups is 1. The minimum absolute atomic E-state index is 0.118. The molecular weight excluding hydrogens is 318 g/mol. The van der Waals surface area contributed by atoms with Gasteiger partial charge in [-0.2, -0.15) is 0 Å². The third kappa shape index (κ3) is 6.42. The van der Waals surface area contributed by atoms with Gasteiger partial charge in [-0.15, -0.1) is 0 Å². The summed E-state index contributed by atoms with van der Waals surface area (Å²) in [7, 11) is 0. The maximum Gasteiger partial charge on any atom is 0.194 e. The molecule has 0 bridgehead atoms. The predicted octanol–water partition coefficient (Wildman–Crippen LogP) is 2.02. The van der Waals surface area contributed by atoms with Crippen LogP contribution in [0.2, 0.25) is 0 Å². The van der Waals surface area contributed by atoms with E-state index in [4.69, 9.17) is 14.5 Å². The standard InChI is InChI=1S/C19H37N3O3/c1-4-16-13-22(14-17(5-2)25-16)18(20-10-11-23)21-15-19(7-8-19)9-12-24-6-3/h16-17,23H,4-15H2,1-3H3,(H,20,21). The second-order valence-corrected chi connectivity index (χ2v) is 7.34. The Morgan fingerprint density at radius 1 is 1.24 bits per heavy atom. The molecule has 0 spiro atoms. The van der Waals surface area contributed by atoms with E-state index in [0.717, 1.165) is 58.1 Å². The first kappa shape index (κ1) is 20.5. The summed E-state index contributed by atoms with van der Waals surface area (Å²) in [5.41, 5.74) is 0.335. The molecule has 1 aliphatic carbocycles. The van der Waals surface area contributed by atoms with Crippen LogP contribution in [-0.2, 0) is 9.47 Å². The summed E-state index contributed by atoms with van der Waals surface area (Å²) in [5.74, 6) is 0.928. The van der Waals surface area contributed by atoms with Crippen LogP contribution in [0, 0.1) is 5.41 Å². The first-order valence-corrected chi connectivity index (χ1v) is 10.0. The molecule has 1 heterocycles. The molecule has 2 aliphatic rings. The maximum absolute atomic E-state index is 9.22. The van der Waals surface area contributed by atoms with Gasteiger partial charge in [0.15, 0.2) is 5.96 Å². The van der Waals surface area contributed by atoms with Gasteiger partial charge in [0.25, 0.3) is 0 Å². The smallest absolute Gasteiger partial charge is 0.194 e. The molecule has 2 rings (SSSR count). The molecule has 0 aromatic carbocycles. The van der Waals surface area contributed by atoms with Crippen LogP contribution in [0.5, 0.6) is 0 Å². The van der Waals surface area contributed by atoms with Crippen molar-refractivity contribution in [3.05, 3.63) is 0 Å². The van der Waals surface area contributed by atoms with Crippen LogP contribution in [0.1, 0.15) is 52.9 Å². The lowest BCUT2D eigenvalue weighted by Crippen LogP contribution is -2.54. The van der Waals surface area contributed by atoms with E-state index in [1.807, 2.05) is 6.92 Å². The molecule has 2 fully saturated rings. The molecule has 6 heteroatoms. The molecule has 2 atom stereocenters. The zero-order chi connectivity index (χ0) is 18.1. The van der Waals surface area contributed by atoms with Crippen LogP contribution in [-0.4, -0.2) is 74.2 Å². The van der Waals surface area contributed by atoms with E-state index < -0.39 is 0 Å². The summed E-state index contributed by atoms with van der Waals surface area (Å²) in [5, 5.41) is 12.6. The Morgan fingerprint density at radius 2 is 1.92 bits per heavy atom. The van der Waals surface area contributed by atoms with Crippen molar-refractivity contribution >= 4 is 5.96 Å². The molecule has 25 heavy (non-hydrogen) atoms. The minimum Gasteiger partial charge on any atom is -0.395 e. The SMILES string of the molecule is CCOCCC1(CN=C(NCCO)N2CC(CC)OC(CC)C2)CC1. The van der Waals surface area contributed by atoms with Crippen LogP contribution in [0.25, 0.3) is 0 Å². The van der Waals surface area contributed by atoms with Gasteiger partial charge < -0.3 is 24.8 Å². The van der Waals surface area contributed by atoms with Gasteiger partial charge in [-0.25, -0.2) is 0 Å². The van der Waals surface area contributed by atoms with Gasteiger partial charge in [0.1, 0.15) is 0 Å². The van der Waals surface area contributed by atoms with Crippen molar-refractivity contribution in [2.75, 3.05) is 46.0 Å². The fourth-order valence-corrected chi connectivity index (χ4v) is 3.32. The highest BCUT2D eigenvalue weighted by molar-refractivity contribution is 5.80. The number of hydrogen-bond acceptors (Lipinski definition) is 4. The molecule has 1 saturated heterocycles. The van der Waals surface area contributed by atoms with Gasteiger partial charge in [-0.05, 0) is 44.4 Å². The summed E-state index contributed by atoms with van der Waals surface area (Å²) in [6.45, 7) is 11.2. The highest BCUT2D eigenvalue weighted by Crippen LogP contribution is 2.49. The predicted molar refractivity (Wildman–Crippen MR) is 101 cm³/mol. The van der Waals surface area contributed by atoms with Gasteiger partial charge >= 0.3 is 0 Å². The summed E-state index contributed by atoms with van der Waals surface area (Å²) >= 11 is 0. The Kier molecular flexibility index (Phi) is 8.46. The number of nitrogens with one attached hydrogen (secondary N) is 1. The number of aliphatic hydroxyl groups is 1. The monoisotopic (exact) mass is 355 g/mol. The third-order valence-electron chi connectivity index (χ3n) is 5.34. The minimum atomic E-state index is 0.118. The van der Waals surface area contributed by atoms with Crippen LogP contribution in [0.15, 0.2) is 4.99 Å². The van der Waals surface area contributed by atoms with Crippen molar-refractivity contribution < 1.29 is 14.6 Å². The fourth-order valence-electron chi connectivity index (χ4n) is 3.32. The number of rotatable bonds is 10. The zero-order valence-electron chi connectivity index (χ0n) is 16.3. The first-order chi connectivity index (χ1) is 12.2. The van der Waals surface area contributed by atoms with Crippen molar-refractivity contribution in [1.29, 1.82) is 0 Å². The third-order valence-corrected chi connectivity index (χ3v) is 5.34. The van der Waals surface area contributed by atoms with E-state index in [1.165, 1.54) is 12.8 Å². The van der Waals surface area contributed by atoms with Gasteiger partial charge in [0.2, 0.25) is 0 Å². The molecule has 0 aromatic rings. The number of hydrogen-bond donors (Lipinski definition) is 2. The van der Waals surface area contributed by atoms with Crippen molar-refractivity contribution in [2.24, 2.45) is 10.4 Å². The lowest BCUT2D eigenvalue weighted by atomic mass is 10.0. The largest absolute Gasteiger partial charge is 0.395 e. The molecule has 1 aliphatic heterocycles. The molecule has 0 aromatic heterocycles. The van der Waals surface area contributed by atoms with Crippen molar-refractivity contribution in [3.63, 3.8) is 0 Å². The van der Waals surface area contributed by atoms with E-state index in [0.29, 0.717) is 12.0 Å². The zero-order valence-corrected chi connectivity index (χ0v) is 16.3. The van der Waals surface area contributed by atoms with E-state index in [9.17, 15) is 5.11 Å². The summed E-state index contributed by atoms with van der Waals surface area (Å²) in [6.07, 6.45) is 6.12. The Bertz CT molecular complexity index is 401. The fraction of sp³-hybridized carbons (Fsp3) is 0.947. The summed E-state index contributed by atoms with van der Waals surface area (Å²) in [4.78, 5) is 7.26. The lowest BCUT2D eigenvalue weighted by Gasteiger charge is -2.39. The average Bonchev–Trinajstić information content (AvgIpc) is 3.41. The molecule has 146 valence electrons. The number of nitrogens with zero attached hydrogens (tertiary/aromatic N) is 2. The molecule has 1 saturated carbocycles. The topological polar surface area (TPSA) is 66.3 Å². The van der Waals surface area contributed by atoms with E-state index in [-0.39, 0.29) is 18.8 Å². The Morgan fingerprint density at radius 3 is 2.44 bits per heavy atom. The van der Waals surface area contributed by atoms with Gasteiger partial charge in [-0.3, -0.25) is 4.99 Å². The van der Waals surface area contributed by atoms with Gasteiger partial charge in [0, 0.05) is 39.4 Å². The van der Waals surface area contributed by atoms with Gasteiger partial charge in [0.05, 0.1) is 18.8 Å². The van der Waals surface area contributed by atoms with Crippen molar-refractivity contribution in [2.45, 2.75) is 65.1 Å². The van der Waals surface area contributed by atoms with E-state index in [1.54, 1.807) is 0 Å². The normalized spacial score (nSPS) is 25.9. The van der Waals surface area contributed by atoms with Crippen LogP contribution < -0.4 is 5.32 Å². The quantitative estimate of drug-likeness (QED) is 0.357. The van der Waals surface area contributed by atoms with Crippen molar-refractivity contribution in [3.8, 4) is 0 Å².